The molecule has 0 fully saturated rings. The zero-order valence-electron chi connectivity index (χ0n) is 21.3. The Labute approximate surface area is 221 Å². The van der Waals surface area contributed by atoms with Crippen molar-refractivity contribution in [3.05, 3.63) is 94.7 Å². The predicted octanol–water partition coefficient (Wildman–Crippen LogP) is 5.11. The van der Waals surface area contributed by atoms with Crippen molar-refractivity contribution in [3.63, 3.8) is 0 Å². The van der Waals surface area contributed by atoms with Gasteiger partial charge in [-0.1, -0.05) is 42.1 Å². The average molecular weight is 516 g/mol. The molecule has 0 aromatic heterocycles. The molecule has 7 nitrogen and oxygen atoms in total. The highest BCUT2D eigenvalue weighted by molar-refractivity contribution is 8.14. The van der Waals surface area contributed by atoms with Crippen LogP contribution >= 0.6 is 11.8 Å². The molecular weight excluding hydrogens is 486 g/mol. The van der Waals surface area contributed by atoms with Gasteiger partial charge in [0.05, 0.1) is 25.7 Å². The molecule has 8 heteroatoms. The van der Waals surface area contributed by atoms with Crippen LogP contribution in [-0.4, -0.2) is 37.0 Å². The maximum absolute atomic E-state index is 13.5. The van der Waals surface area contributed by atoms with E-state index in [0.29, 0.717) is 17.4 Å². The minimum atomic E-state index is -0.234. The van der Waals surface area contributed by atoms with Crippen molar-refractivity contribution in [3.8, 4) is 11.5 Å². The van der Waals surface area contributed by atoms with Crippen LogP contribution in [0.5, 0.6) is 11.5 Å². The molecule has 3 aromatic carbocycles. The molecule has 3 aromatic rings. The van der Waals surface area contributed by atoms with E-state index in [0.717, 1.165) is 39.4 Å². The summed E-state index contributed by atoms with van der Waals surface area (Å²) in [6.07, 6.45) is 1.74. The Kier molecular flexibility index (Phi) is 8.30. The number of rotatable bonds is 8. The standard InChI is InChI=1S/C29H29N3O4S/c1-19-13-20(2)15-23(14-19)32-28(34)26(16-21-5-9-24(35-3)10-6-21)31-29(32)37-18-27(33)30-17-22-7-11-25(36-4)12-8-22/h5-16H,17-18H2,1-4H3,(H,30,33)/b26-16-. The number of hydrogen-bond donors (Lipinski definition) is 1. The number of carbonyl (C=O) groups is 2. The largest absolute Gasteiger partial charge is 0.497 e. The van der Waals surface area contributed by atoms with E-state index in [4.69, 9.17) is 9.47 Å². The number of benzene rings is 3. The smallest absolute Gasteiger partial charge is 0.283 e. The number of thioether (sulfide) groups is 1. The van der Waals surface area contributed by atoms with Crippen LogP contribution in [0.25, 0.3) is 6.08 Å². The highest BCUT2D eigenvalue weighted by Crippen LogP contribution is 2.31. The Hall–Kier alpha value is -4.04. The zero-order chi connectivity index (χ0) is 26.4. The fourth-order valence-corrected chi connectivity index (χ4v) is 4.73. The highest BCUT2D eigenvalue weighted by Gasteiger charge is 2.32. The molecule has 0 unspecified atom stereocenters. The van der Waals surface area contributed by atoms with E-state index < -0.39 is 0 Å². The number of amidine groups is 1. The maximum Gasteiger partial charge on any atom is 0.283 e. The summed E-state index contributed by atoms with van der Waals surface area (Å²) in [7, 11) is 3.22. The molecule has 1 aliphatic heterocycles. The van der Waals surface area contributed by atoms with Crippen molar-refractivity contribution in [2.75, 3.05) is 24.9 Å². The van der Waals surface area contributed by atoms with Crippen molar-refractivity contribution < 1.29 is 19.1 Å². The minimum Gasteiger partial charge on any atom is -0.497 e. The lowest BCUT2D eigenvalue weighted by molar-refractivity contribution is -0.118. The third-order valence-electron chi connectivity index (χ3n) is 5.69. The first-order valence-corrected chi connectivity index (χ1v) is 12.7. The van der Waals surface area contributed by atoms with Crippen molar-refractivity contribution in [2.45, 2.75) is 20.4 Å². The van der Waals surface area contributed by atoms with E-state index in [-0.39, 0.29) is 17.6 Å². The number of hydrogen-bond acceptors (Lipinski definition) is 6. The van der Waals surface area contributed by atoms with Crippen molar-refractivity contribution >= 4 is 40.5 Å². The Bertz CT molecular complexity index is 1330. The topological polar surface area (TPSA) is 80.2 Å². The van der Waals surface area contributed by atoms with Crippen molar-refractivity contribution in [1.29, 1.82) is 0 Å². The Morgan fingerprint density at radius 2 is 1.54 bits per heavy atom. The van der Waals surface area contributed by atoms with Gasteiger partial charge in [0.2, 0.25) is 5.91 Å². The number of anilines is 1. The van der Waals surface area contributed by atoms with Gasteiger partial charge < -0.3 is 14.8 Å². The molecule has 1 N–H and O–H groups in total. The number of aliphatic imine (C=N–C) groups is 1. The molecule has 37 heavy (non-hydrogen) atoms. The highest BCUT2D eigenvalue weighted by atomic mass is 32.2. The number of carbonyl (C=O) groups excluding carboxylic acids is 2. The van der Waals surface area contributed by atoms with Gasteiger partial charge in [0, 0.05) is 6.54 Å². The summed E-state index contributed by atoms with van der Waals surface area (Å²) in [4.78, 5) is 32.3. The molecule has 0 spiro atoms. The molecule has 0 aliphatic carbocycles. The zero-order valence-corrected chi connectivity index (χ0v) is 22.1. The molecule has 0 saturated heterocycles. The monoisotopic (exact) mass is 515 g/mol. The molecular formula is C29H29N3O4S. The van der Waals surface area contributed by atoms with Gasteiger partial charge in [-0.3, -0.25) is 14.5 Å². The van der Waals surface area contributed by atoms with E-state index >= 15 is 0 Å². The van der Waals surface area contributed by atoms with Gasteiger partial charge >= 0.3 is 0 Å². The second kappa shape index (κ2) is 11.8. The summed E-state index contributed by atoms with van der Waals surface area (Å²) in [5.74, 6) is 1.24. The van der Waals surface area contributed by atoms with Gasteiger partial charge in [0.15, 0.2) is 5.17 Å². The van der Waals surface area contributed by atoms with Gasteiger partial charge in [-0.2, -0.15) is 0 Å². The molecule has 2 amide bonds. The second-order valence-corrected chi connectivity index (χ2v) is 9.54. The minimum absolute atomic E-state index is 0.124. The van der Waals surface area contributed by atoms with E-state index in [1.807, 2.05) is 74.5 Å². The van der Waals surface area contributed by atoms with E-state index in [2.05, 4.69) is 16.4 Å². The quantitative estimate of drug-likeness (QED) is 0.422. The molecule has 0 bridgehead atoms. The second-order valence-electron chi connectivity index (χ2n) is 8.60. The summed E-state index contributed by atoms with van der Waals surface area (Å²) < 4.78 is 10.4. The van der Waals surface area contributed by atoms with Gasteiger partial charge in [-0.15, -0.1) is 0 Å². The average Bonchev–Trinajstić information content (AvgIpc) is 3.21. The summed E-state index contributed by atoms with van der Waals surface area (Å²) in [5, 5.41) is 3.39. The van der Waals surface area contributed by atoms with Crippen LogP contribution in [0.2, 0.25) is 0 Å². The van der Waals surface area contributed by atoms with E-state index in [1.165, 1.54) is 11.8 Å². The number of nitrogens with one attached hydrogen (secondary N) is 1. The lowest BCUT2D eigenvalue weighted by atomic mass is 10.1. The molecule has 0 radical (unpaired) electrons. The van der Waals surface area contributed by atoms with Crippen LogP contribution in [0.4, 0.5) is 5.69 Å². The van der Waals surface area contributed by atoms with Crippen LogP contribution < -0.4 is 19.7 Å². The molecule has 4 rings (SSSR count). The lowest BCUT2D eigenvalue weighted by Crippen LogP contribution is -2.32. The van der Waals surface area contributed by atoms with Gasteiger partial charge in [0.25, 0.3) is 5.91 Å². The van der Waals surface area contributed by atoms with Gasteiger partial charge in [0.1, 0.15) is 17.2 Å². The SMILES string of the molecule is COc1ccc(/C=C2\N=C(SCC(=O)NCc3ccc(OC)cc3)N(c3cc(C)cc(C)c3)C2=O)cc1. The van der Waals surface area contributed by atoms with E-state index in [1.54, 1.807) is 25.2 Å². The number of aryl methyl sites for hydroxylation is 2. The van der Waals surface area contributed by atoms with Crippen LogP contribution in [0, 0.1) is 13.8 Å². The van der Waals surface area contributed by atoms with Crippen LogP contribution in [-0.2, 0) is 16.1 Å². The predicted molar refractivity (Wildman–Crippen MR) is 149 cm³/mol. The summed E-state index contributed by atoms with van der Waals surface area (Å²) in [5.41, 5.74) is 4.91. The Balaban J connectivity index is 1.52. The van der Waals surface area contributed by atoms with Crippen LogP contribution in [0.15, 0.2) is 77.4 Å². The number of amides is 2. The first kappa shape index (κ1) is 26.0. The molecule has 190 valence electrons. The van der Waals surface area contributed by atoms with Gasteiger partial charge in [-0.25, -0.2) is 4.99 Å². The molecule has 1 heterocycles. The van der Waals surface area contributed by atoms with Crippen molar-refractivity contribution in [2.24, 2.45) is 4.99 Å². The fraction of sp³-hybridized carbons (Fsp3) is 0.207. The third kappa shape index (κ3) is 6.59. The molecule has 0 saturated carbocycles. The number of ether oxygens (including phenoxy) is 2. The number of nitrogens with zero attached hydrogens (tertiary/aromatic N) is 2. The molecule has 1 aliphatic rings. The fourth-order valence-electron chi connectivity index (χ4n) is 3.88. The van der Waals surface area contributed by atoms with Crippen molar-refractivity contribution in [1.82, 2.24) is 5.32 Å². The first-order chi connectivity index (χ1) is 17.9. The summed E-state index contributed by atoms with van der Waals surface area (Å²) in [6, 6.07) is 20.9. The first-order valence-electron chi connectivity index (χ1n) is 11.8. The van der Waals surface area contributed by atoms with E-state index in [9.17, 15) is 9.59 Å². The summed E-state index contributed by atoms with van der Waals surface area (Å²) in [6.45, 7) is 4.38. The third-order valence-corrected chi connectivity index (χ3v) is 6.63. The Morgan fingerprint density at radius 3 is 2.14 bits per heavy atom. The maximum atomic E-state index is 13.5. The number of methoxy groups -OCH3 is 2. The lowest BCUT2D eigenvalue weighted by Gasteiger charge is -2.19. The van der Waals surface area contributed by atoms with Crippen LogP contribution in [0.3, 0.4) is 0 Å². The van der Waals surface area contributed by atoms with Gasteiger partial charge in [-0.05, 0) is 78.6 Å². The van der Waals surface area contributed by atoms with Crippen LogP contribution in [0.1, 0.15) is 22.3 Å². The molecule has 0 atom stereocenters. The summed E-state index contributed by atoms with van der Waals surface area (Å²) >= 11 is 1.23. The normalized spacial score (nSPS) is 14.1. The Morgan fingerprint density at radius 1 is 0.946 bits per heavy atom.